The van der Waals surface area contributed by atoms with E-state index in [1.165, 1.54) is 5.69 Å². The van der Waals surface area contributed by atoms with Crippen LogP contribution in [-0.2, 0) is 16.1 Å². The van der Waals surface area contributed by atoms with Crippen molar-refractivity contribution in [3.05, 3.63) is 66.2 Å². The van der Waals surface area contributed by atoms with Crippen LogP contribution in [0.5, 0.6) is 0 Å². The Labute approximate surface area is 160 Å². The fourth-order valence-corrected chi connectivity index (χ4v) is 3.72. The highest BCUT2D eigenvalue weighted by molar-refractivity contribution is 6.07. The van der Waals surface area contributed by atoms with E-state index in [2.05, 4.69) is 22.3 Å². The molecule has 0 aromatic heterocycles. The molecule has 5 nitrogen and oxygen atoms in total. The number of piperazine rings is 1. The Morgan fingerprint density at radius 2 is 1.44 bits per heavy atom. The minimum atomic E-state index is -0.830. The molecule has 2 amide bonds. The lowest BCUT2D eigenvalue weighted by molar-refractivity contribution is -0.144. The van der Waals surface area contributed by atoms with E-state index in [-0.39, 0.29) is 11.8 Å². The molecule has 0 unspecified atom stereocenters. The van der Waals surface area contributed by atoms with Gasteiger partial charge in [-0.15, -0.1) is 0 Å². The highest BCUT2D eigenvalue weighted by Crippen LogP contribution is 2.47. The van der Waals surface area contributed by atoms with E-state index in [4.69, 9.17) is 0 Å². The average molecular weight is 363 g/mol. The van der Waals surface area contributed by atoms with Crippen molar-refractivity contribution in [2.75, 3.05) is 31.1 Å². The lowest BCUT2D eigenvalue weighted by atomic mass is 10.0. The Balaban J connectivity index is 1.33. The molecule has 2 fully saturated rings. The molecule has 0 radical (unpaired) electrons. The van der Waals surface area contributed by atoms with Crippen LogP contribution < -0.4 is 10.2 Å². The van der Waals surface area contributed by atoms with Gasteiger partial charge in [0.05, 0.1) is 0 Å². The number of nitrogens with one attached hydrogen (secondary N) is 1. The average Bonchev–Trinajstić information content (AvgIpc) is 3.55. The monoisotopic (exact) mass is 363 g/mol. The van der Waals surface area contributed by atoms with Crippen molar-refractivity contribution in [2.24, 2.45) is 5.41 Å². The van der Waals surface area contributed by atoms with E-state index < -0.39 is 5.41 Å². The molecule has 2 aliphatic rings. The number of hydrogen-bond donors (Lipinski definition) is 1. The van der Waals surface area contributed by atoms with Crippen LogP contribution in [0.25, 0.3) is 0 Å². The Bertz CT molecular complexity index is 795. The maximum absolute atomic E-state index is 13.0. The lowest BCUT2D eigenvalue weighted by Crippen LogP contribution is -2.53. The maximum atomic E-state index is 13.0. The van der Waals surface area contributed by atoms with Gasteiger partial charge in [-0.25, -0.2) is 0 Å². The van der Waals surface area contributed by atoms with Gasteiger partial charge in [0.25, 0.3) is 0 Å². The summed E-state index contributed by atoms with van der Waals surface area (Å²) in [6, 6.07) is 20.1. The number of carbonyl (C=O) groups excluding carboxylic acids is 2. The molecule has 0 atom stereocenters. The third-order valence-corrected chi connectivity index (χ3v) is 5.58. The van der Waals surface area contributed by atoms with E-state index in [1.54, 1.807) is 0 Å². The minimum absolute atomic E-state index is 0.000716. The lowest BCUT2D eigenvalue weighted by Gasteiger charge is -2.37. The van der Waals surface area contributed by atoms with Crippen molar-refractivity contribution in [1.82, 2.24) is 10.2 Å². The van der Waals surface area contributed by atoms with Gasteiger partial charge in [0, 0.05) is 38.4 Å². The van der Waals surface area contributed by atoms with Crippen molar-refractivity contribution in [3.63, 3.8) is 0 Å². The van der Waals surface area contributed by atoms with Gasteiger partial charge in [-0.05, 0) is 30.5 Å². The van der Waals surface area contributed by atoms with Gasteiger partial charge in [-0.3, -0.25) is 9.59 Å². The molecule has 1 aliphatic heterocycles. The van der Waals surface area contributed by atoms with Crippen LogP contribution in [0.15, 0.2) is 60.7 Å². The van der Waals surface area contributed by atoms with Gasteiger partial charge in [0.2, 0.25) is 11.8 Å². The predicted molar refractivity (Wildman–Crippen MR) is 105 cm³/mol. The van der Waals surface area contributed by atoms with E-state index in [0.717, 1.165) is 18.7 Å². The largest absolute Gasteiger partial charge is 0.368 e. The molecule has 2 aromatic carbocycles. The first-order valence-electron chi connectivity index (χ1n) is 9.61. The summed E-state index contributed by atoms with van der Waals surface area (Å²) in [5.41, 5.74) is 1.40. The first-order chi connectivity index (χ1) is 13.2. The molecule has 4 rings (SSSR count). The smallest absolute Gasteiger partial charge is 0.238 e. The third-order valence-electron chi connectivity index (χ3n) is 5.58. The van der Waals surface area contributed by atoms with Crippen molar-refractivity contribution >= 4 is 17.5 Å². The van der Waals surface area contributed by atoms with Gasteiger partial charge < -0.3 is 15.1 Å². The highest BCUT2D eigenvalue weighted by atomic mass is 16.2. The minimum Gasteiger partial charge on any atom is -0.368 e. The molecular weight excluding hydrogens is 338 g/mol. The number of anilines is 1. The van der Waals surface area contributed by atoms with Gasteiger partial charge in [-0.2, -0.15) is 0 Å². The third kappa shape index (κ3) is 3.68. The summed E-state index contributed by atoms with van der Waals surface area (Å²) >= 11 is 0. The second-order valence-corrected chi connectivity index (χ2v) is 7.37. The predicted octanol–water partition coefficient (Wildman–Crippen LogP) is 2.43. The Kier molecular flexibility index (Phi) is 4.84. The SMILES string of the molecule is O=C(NCc1ccccc1)C1(C(=O)N2CCN(c3ccccc3)CC2)CC1. The maximum Gasteiger partial charge on any atom is 0.238 e. The molecule has 2 aromatic rings. The Morgan fingerprint density at radius 1 is 0.852 bits per heavy atom. The highest BCUT2D eigenvalue weighted by Gasteiger charge is 2.58. The first-order valence-corrected chi connectivity index (χ1v) is 9.61. The topological polar surface area (TPSA) is 52.7 Å². The van der Waals surface area contributed by atoms with E-state index >= 15 is 0 Å². The Hall–Kier alpha value is -2.82. The van der Waals surface area contributed by atoms with Crippen LogP contribution in [0.2, 0.25) is 0 Å². The summed E-state index contributed by atoms with van der Waals surface area (Å²) in [7, 11) is 0. The van der Waals surface area contributed by atoms with Crippen LogP contribution >= 0.6 is 0 Å². The zero-order valence-electron chi connectivity index (χ0n) is 15.4. The van der Waals surface area contributed by atoms with Gasteiger partial charge in [0.1, 0.15) is 5.41 Å². The number of carbonyl (C=O) groups is 2. The zero-order valence-corrected chi connectivity index (χ0v) is 15.4. The van der Waals surface area contributed by atoms with Crippen molar-refractivity contribution in [2.45, 2.75) is 19.4 Å². The number of hydrogen-bond acceptors (Lipinski definition) is 3. The van der Waals surface area contributed by atoms with Crippen LogP contribution in [-0.4, -0.2) is 42.9 Å². The summed E-state index contributed by atoms with van der Waals surface area (Å²) in [6.07, 6.45) is 1.32. The molecule has 1 heterocycles. The van der Waals surface area contributed by atoms with Gasteiger partial charge in [-0.1, -0.05) is 48.5 Å². The quantitative estimate of drug-likeness (QED) is 0.830. The first kappa shape index (κ1) is 17.6. The number of benzene rings is 2. The molecule has 1 saturated heterocycles. The number of nitrogens with zero attached hydrogens (tertiary/aromatic N) is 2. The van der Waals surface area contributed by atoms with Gasteiger partial charge in [0.15, 0.2) is 0 Å². The fourth-order valence-electron chi connectivity index (χ4n) is 3.72. The molecule has 0 bridgehead atoms. The van der Waals surface area contributed by atoms with Gasteiger partial charge >= 0.3 is 0 Å². The summed E-state index contributed by atoms with van der Waals surface area (Å²) in [5.74, 6) is -0.123. The second-order valence-electron chi connectivity index (χ2n) is 7.37. The molecule has 1 N–H and O–H groups in total. The normalized spacial score (nSPS) is 18.1. The molecule has 0 spiro atoms. The van der Waals surface area contributed by atoms with Crippen LogP contribution in [0.3, 0.4) is 0 Å². The van der Waals surface area contributed by atoms with E-state index in [1.807, 2.05) is 53.4 Å². The second kappa shape index (κ2) is 7.43. The number of amides is 2. The Morgan fingerprint density at radius 3 is 2.04 bits per heavy atom. The molecule has 5 heteroatoms. The molecule has 27 heavy (non-hydrogen) atoms. The molecule has 1 aliphatic carbocycles. The van der Waals surface area contributed by atoms with Crippen molar-refractivity contribution in [1.29, 1.82) is 0 Å². The van der Waals surface area contributed by atoms with E-state index in [9.17, 15) is 9.59 Å². The molecule has 140 valence electrons. The zero-order chi connectivity index (χ0) is 18.7. The van der Waals surface area contributed by atoms with Crippen molar-refractivity contribution < 1.29 is 9.59 Å². The summed E-state index contributed by atoms with van der Waals surface area (Å²) in [5, 5.41) is 2.96. The van der Waals surface area contributed by atoms with Crippen LogP contribution in [0, 0.1) is 5.41 Å². The van der Waals surface area contributed by atoms with Crippen LogP contribution in [0.4, 0.5) is 5.69 Å². The standard InChI is InChI=1S/C22H25N3O2/c26-20(23-17-18-7-3-1-4-8-18)22(11-12-22)21(27)25-15-13-24(14-16-25)19-9-5-2-6-10-19/h1-10H,11-17H2,(H,23,26). The summed E-state index contributed by atoms with van der Waals surface area (Å²) in [6.45, 7) is 3.41. The fraction of sp³-hybridized carbons (Fsp3) is 0.364. The van der Waals surface area contributed by atoms with Crippen molar-refractivity contribution in [3.8, 4) is 0 Å². The summed E-state index contributed by atoms with van der Waals surface area (Å²) in [4.78, 5) is 29.9. The van der Waals surface area contributed by atoms with Crippen LogP contribution in [0.1, 0.15) is 18.4 Å². The number of para-hydroxylation sites is 1. The number of rotatable bonds is 5. The van der Waals surface area contributed by atoms with E-state index in [0.29, 0.717) is 32.5 Å². The summed E-state index contributed by atoms with van der Waals surface area (Å²) < 4.78 is 0. The molecule has 1 saturated carbocycles. The molecular formula is C22H25N3O2.